The minimum Gasteiger partial charge on any atom is -0.497 e. The number of hydrogen-bond acceptors (Lipinski definition) is 2. The predicted molar refractivity (Wildman–Crippen MR) is 91.2 cm³/mol. The number of benzene rings is 2. The Morgan fingerprint density at radius 1 is 0.810 bits per heavy atom. The summed E-state index contributed by atoms with van der Waals surface area (Å²) in [6.07, 6.45) is 3.71. The van der Waals surface area contributed by atoms with Crippen molar-refractivity contribution in [2.24, 2.45) is 0 Å². The lowest BCUT2D eigenvalue weighted by Crippen LogP contribution is -2.33. The molecule has 2 aromatic rings. The summed E-state index contributed by atoms with van der Waals surface area (Å²) < 4.78 is 11.0. The summed E-state index contributed by atoms with van der Waals surface area (Å²) in [5.41, 5.74) is 2.15. The molecule has 0 aliphatic heterocycles. The smallest absolute Gasteiger partial charge is 0.133 e. The van der Waals surface area contributed by atoms with E-state index >= 15 is 0 Å². The summed E-state index contributed by atoms with van der Waals surface area (Å²) in [6, 6.07) is 12.0. The van der Waals surface area contributed by atoms with Crippen LogP contribution in [0.15, 0.2) is 49.6 Å². The van der Waals surface area contributed by atoms with Gasteiger partial charge >= 0.3 is 0 Å². The van der Waals surface area contributed by atoms with Gasteiger partial charge in [0.2, 0.25) is 0 Å². The molecule has 2 radical (unpaired) electrons. The lowest BCUT2D eigenvalue weighted by atomic mass is 10.2. The number of rotatable bonds is 6. The van der Waals surface area contributed by atoms with Crippen LogP contribution in [0.4, 0.5) is 0 Å². The van der Waals surface area contributed by atoms with Crippen LogP contribution in [0.25, 0.3) is 12.2 Å². The predicted octanol–water partition coefficient (Wildman–Crippen LogP) is 2.64. The van der Waals surface area contributed by atoms with Gasteiger partial charge < -0.3 is 9.47 Å². The van der Waals surface area contributed by atoms with E-state index in [1.54, 1.807) is 14.2 Å². The second-order valence-electron chi connectivity index (χ2n) is 4.38. The topological polar surface area (TPSA) is 18.5 Å². The van der Waals surface area contributed by atoms with Crippen LogP contribution in [0.2, 0.25) is 0 Å². The van der Waals surface area contributed by atoms with Crippen LogP contribution in [0.1, 0.15) is 11.1 Å². The highest BCUT2D eigenvalue weighted by atomic mass is 28.2. The second-order valence-corrected chi connectivity index (χ2v) is 5.63. The SMILES string of the molecule is C=Cc1cccc(OC)c1[Si]c1c(C=C)cccc1OC. The fourth-order valence-electron chi connectivity index (χ4n) is 2.17. The van der Waals surface area contributed by atoms with Crippen molar-refractivity contribution >= 4 is 32.0 Å². The Balaban J connectivity index is 2.57. The second kappa shape index (κ2) is 6.95. The van der Waals surface area contributed by atoms with Gasteiger partial charge in [0.15, 0.2) is 0 Å². The molecule has 0 fully saturated rings. The summed E-state index contributed by atoms with van der Waals surface area (Å²) in [4.78, 5) is 0. The highest BCUT2D eigenvalue weighted by molar-refractivity contribution is 6.70. The number of methoxy groups -OCH3 is 2. The highest BCUT2D eigenvalue weighted by Crippen LogP contribution is 2.14. The first-order valence-electron chi connectivity index (χ1n) is 6.61. The number of hydrogen-bond donors (Lipinski definition) is 0. The third kappa shape index (κ3) is 3.08. The number of ether oxygens (including phenoxy) is 2. The van der Waals surface area contributed by atoms with Gasteiger partial charge in [0.1, 0.15) is 21.0 Å². The molecule has 0 amide bonds. The molecule has 2 aromatic carbocycles. The van der Waals surface area contributed by atoms with Crippen LogP contribution in [0.5, 0.6) is 11.5 Å². The molecule has 0 aliphatic carbocycles. The Labute approximate surface area is 128 Å². The summed E-state index contributed by atoms with van der Waals surface area (Å²) in [6.45, 7) is 7.78. The average molecular weight is 294 g/mol. The summed E-state index contributed by atoms with van der Waals surface area (Å²) in [5.74, 6) is 1.73. The van der Waals surface area contributed by atoms with Gasteiger partial charge in [-0.3, -0.25) is 0 Å². The quantitative estimate of drug-likeness (QED) is 0.763. The minimum atomic E-state index is 0.407. The Hall–Kier alpha value is -2.26. The molecule has 0 bridgehead atoms. The Morgan fingerprint density at radius 3 is 1.57 bits per heavy atom. The molecule has 0 heterocycles. The Bertz CT molecular complexity index is 605. The van der Waals surface area contributed by atoms with Crippen LogP contribution >= 0.6 is 0 Å². The monoisotopic (exact) mass is 294 g/mol. The van der Waals surface area contributed by atoms with Crippen LogP contribution in [-0.4, -0.2) is 23.7 Å². The van der Waals surface area contributed by atoms with E-state index in [4.69, 9.17) is 9.47 Å². The molecule has 0 spiro atoms. The van der Waals surface area contributed by atoms with Gasteiger partial charge in [-0.1, -0.05) is 49.6 Å². The molecule has 0 saturated heterocycles. The van der Waals surface area contributed by atoms with Crippen molar-refractivity contribution in [3.05, 3.63) is 60.7 Å². The maximum atomic E-state index is 5.50. The molecule has 0 saturated carbocycles. The lowest BCUT2D eigenvalue weighted by Gasteiger charge is -2.15. The molecule has 0 N–H and O–H groups in total. The van der Waals surface area contributed by atoms with Gasteiger partial charge in [-0.15, -0.1) is 0 Å². The average Bonchev–Trinajstić information content (AvgIpc) is 2.55. The maximum absolute atomic E-state index is 5.50. The highest BCUT2D eigenvalue weighted by Gasteiger charge is 2.14. The zero-order chi connectivity index (χ0) is 15.2. The molecular formula is C18H18O2Si. The van der Waals surface area contributed by atoms with Crippen LogP contribution in [0.3, 0.4) is 0 Å². The van der Waals surface area contributed by atoms with Crippen molar-refractivity contribution in [3.63, 3.8) is 0 Å². The molecule has 2 nitrogen and oxygen atoms in total. The van der Waals surface area contributed by atoms with Crippen molar-refractivity contribution in [2.45, 2.75) is 0 Å². The minimum absolute atomic E-state index is 0.407. The molecule has 0 unspecified atom stereocenters. The normalized spacial score (nSPS) is 10.0. The molecule has 106 valence electrons. The first kappa shape index (κ1) is 15.1. The summed E-state index contributed by atoms with van der Waals surface area (Å²) >= 11 is 0. The van der Waals surface area contributed by atoms with Gasteiger partial charge in [-0.05, 0) is 33.6 Å². The summed E-state index contributed by atoms with van der Waals surface area (Å²) in [5, 5.41) is 2.25. The zero-order valence-corrected chi connectivity index (χ0v) is 13.3. The van der Waals surface area contributed by atoms with E-state index in [1.165, 1.54) is 0 Å². The maximum Gasteiger partial charge on any atom is 0.133 e. The molecular weight excluding hydrogens is 276 g/mol. The molecule has 21 heavy (non-hydrogen) atoms. The Kier molecular flexibility index (Phi) is 5.01. The van der Waals surface area contributed by atoms with Gasteiger partial charge in [0.25, 0.3) is 0 Å². The van der Waals surface area contributed by atoms with Crippen LogP contribution in [-0.2, 0) is 0 Å². The van der Waals surface area contributed by atoms with Crippen molar-refractivity contribution < 1.29 is 9.47 Å². The fraction of sp³-hybridized carbons (Fsp3) is 0.111. The van der Waals surface area contributed by atoms with E-state index < -0.39 is 0 Å². The summed E-state index contributed by atoms with van der Waals surface area (Å²) in [7, 11) is 3.78. The first-order valence-corrected chi connectivity index (χ1v) is 7.61. The zero-order valence-electron chi connectivity index (χ0n) is 12.3. The van der Waals surface area contributed by atoms with Crippen molar-refractivity contribution in [1.29, 1.82) is 0 Å². The molecule has 3 heteroatoms. The van der Waals surface area contributed by atoms with E-state index in [2.05, 4.69) is 13.2 Å². The van der Waals surface area contributed by atoms with E-state index in [-0.39, 0.29) is 0 Å². The third-order valence-electron chi connectivity index (χ3n) is 3.25. The first-order chi connectivity index (χ1) is 10.2. The van der Waals surface area contributed by atoms with Crippen molar-refractivity contribution in [3.8, 4) is 11.5 Å². The lowest BCUT2D eigenvalue weighted by molar-refractivity contribution is 0.417. The van der Waals surface area contributed by atoms with E-state index in [0.29, 0.717) is 9.52 Å². The molecule has 0 atom stereocenters. The van der Waals surface area contributed by atoms with Crippen molar-refractivity contribution in [2.75, 3.05) is 14.2 Å². The van der Waals surface area contributed by atoms with Crippen LogP contribution < -0.4 is 19.8 Å². The molecule has 0 aromatic heterocycles. The Morgan fingerprint density at radius 2 is 1.24 bits per heavy atom. The van der Waals surface area contributed by atoms with Crippen LogP contribution in [0, 0.1) is 0 Å². The van der Waals surface area contributed by atoms with Gasteiger partial charge in [0.05, 0.1) is 14.2 Å². The van der Waals surface area contributed by atoms with E-state index in [1.807, 2.05) is 48.6 Å². The van der Waals surface area contributed by atoms with Gasteiger partial charge in [0, 0.05) is 0 Å². The van der Waals surface area contributed by atoms with Gasteiger partial charge in [-0.25, -0.2) is 0 Å². The largest absolute Gasteiger partial charge is 0.497 e. The standard InChI is InChI=1S/C18H18O2Si/c1-5-13-9-7-11-15(19-3)17(13)21-18-14(6-2)10-8-12-16(18)20-4/h5-12H,1-2H2,3-4H3. The van der Waals surface area contributed by atoms with Crippen molar-refractivity contribution in [1.82, 2.24) is 0 Å². The van der Waals surface area contributed by atoms with E-state index in [0.717, 1.165) is 33.0 Å². The molecule has 2 rings (SSSR count). The van der Waals surface area contributed by atoms with E-state index in [9.17, 15) is 0 Å². The van der Waals surface area contributed by atoms with Gasteiger partial charge in [-0.2, -0.15) is 0 Å². The third-order valence-corrected chi connectivity index (χ3v) is 4.82. The molecule has 0 aliphatic rings. The fourth-order valence-corrected chi connectivity index (χ4v) is 3.70.